The van der Waals surface area contributed by atoms with Crippen LogP contribution in [-0.2, 0) is 5.41 Å². The van der Waals surface area contributed by atoms with Crippen LogP contribution in [0.2, 0.25) is 5.28 Å². The van der Waals surface area contributed by atoms with Crippen molar-refractivity contribution in [1.29, 1.82) is 0 Å². The summed E-state index contributed by atoms with van der Waals surface area (Å²) in [5.74, 6) is 1.24. The van der Waals surface area contributed by atoms with Gasteiger partial charge in [-0.1, -0.05) is 132 Å². The van der Waals surface area contributed by atoms with E-state index in [0.717, 1.165) is 11.1 Å². The van der Waals surface area contributed by atoms with Crippen LogP contribution >= 0.6 is 11.6 Å². The summed E-state index contributed by atoms with van der Waals surface area (Å²) >= 11 is 6.43. The minimum absolute atomic E-state index is 0.0303. The molecular formula is C34H38ClN3. The average Bonchev–Trinajstić information content (AvgIpc) is 3.23. The van der Waals surface area contributed by atoms with Crippen LogP contribution in [0.15, 0.2) is 72.8 Å². The van der Waals surface area contributed by atoms with Crippen molar-refractivity contribution in [2.24, 2.45) is 0 Å². The van der Waals surface area contributed by atoms with Crippen molar-refractivity contribution in [3.05, 3.63) is 89.2 Å². The van der Waals surface area contributed by atoms with Gasteiger partial charge >= 0.3 is 0 Å². The van der Waals surface area contributed by atoms with Gasteiger partial charge in [-0.25, -0.2) is 4.98 Å². The standard InChI is InChI=1S/C34H38ClN3/c1-3-5-7-14-22-34(23-15-8-6-4-2)29-19-13-12-18-27(29)28-21-20-26(24-30(28)34)32-36-31(37-33(35)38-32)25-16-10-9-11-17-25/h9-13,16-21,24H,3-8,14-15,22-23H2,1-2H3. The molecule has 0 amide bonds. The third kappa shape index (κ3) is 5.40. The van der Waals surface area contributed by atoms with Gasteiger partial charge in [-0.2, -0.15) is 9.97 Å². The summed E-state index contributed by atoms with van der Waals surface area (Å²) in [5.41, 5.74) is 7.65. The number of hydrogen-bond donors (Lipinski definition) is 0. The summed E-state index contributed by atoms with van der Waals surface area (Å²) < 4.78 is 0. The van der Waals surface area contributed by atoms with Crippen LogP contribution in [0.1, 0.15) is 89.2 Å². The molecular weight excluding hydrogens is 486 g/mol. The van der Waals surface area contributed by atoms with Gasteiger partial charge in [-0.3, -0.25) is 0 Å². The lowest BCUT2D eigenvalue weighted by Crippen LogP contribution is -2.25. The zero-order valence-electron chi connectivity index (χ0n) is 22.7. The molecule has 1 aliphatic carbocycles. The van der Waals surface area contributed by atoms with E-state index in [1.165, 1.54) is 86.5 Å². The second-order valence-electron chi connectivity index (χ2n) is 10.6. The van der Waals surface area contributed by atoms with E-state index < -0.39 is 0 Å². The van der Waals surface area contributed by atoms with Crippen LogP contribution in [-0.4, -0.2) is 15.0 Å². The van der Waals surface area contributed by atoms with E-state index in [1.54, 1.807) is 0 Å². The maximum absolute atomic E-state index is 6.43. The predicted octanol–water partition coefficient (Wildman–Crippen LogP) is 10.1. The fourth-order valence-corrected chi connectivity index (χ4v) is 6.32. The molecule has 0 bridgehead atoms. The van der Waals surface area contributed by atoms with E-state index in [0.29, 0.717) is 11.6 Å². The van der Waals surface area contributed by atoms with Crippen LogP contribution in [0.25, 0.3) is 33.9 Å². The highest BCUT2D eigenvalue weighted by atomic mass is 35.5. The van der Waals surface area contributed by atoms with Gasteiger partial charge in [-0.15, -0.1) is 0 Å². The molecule has 0 unspecified atom stereocenters. The first-order valence-corrected chi connectivity index (χ1v) is 14.8. The van der Waals surface area contributed by atoms with E-state index in [1.807, 2.05) is 30.3 Å². The van der Waals surface area contributed by atoms with Crippen LogP contribution in [0.5, 0.6) is 0 Å². The first kappa shape index (κ1) is 26.6. The number of halogens is 1. The van der Waals surface area contributed by atoms with Crippen LogP contribution in [0, 0.1) is 0 Å². The van der Waals surface area contributed by atoms with Crippen LogP contribution in [0.3, 0.4) is 0 Å². The molecule has 3 aromatic carbocycles. The van der Waals surface area contributed by atoms with Crippen molar-refractivity contribution in [2.75, 3.05) is 0 Å². The van der Waals surface area contributed by atoms with Crippen molar-refractivity contribution >= 4 is 11.6 Å². The molecule has 4 aromatic rings. The summed E-state index contributed by atoms with van der Waals surface area (Å²) in [5, 5.41) is 0.225. The highest BCUT2D eigenvalue weighted by Crippen LogP contribution is 2.54. The number of benzene rings is 3. The highest BCUT2D eigenvalue weighted by Gasteiger charge is 2.42. The SMILES string of the molecule is CCCCCCC1(CCCCCC)c2ccccc2-c2ccc(-c3nc(Cl)nc(-c4ccccc4)n3)cc21. The van der Waals surface area contributed by atoms with Crippen molar-refractivity contribution in [3.8, 4) is 33.9 Å². The first-order valence-electron chi connectivity index (χ1n) is 14.4. The van der Waals surface area contributed by atoms with Crippen LogP contribution < -0.4 is 0 Å². The Kier molecular flexibility index (Phi) is 8.54. The smallest absolute Gasteiger partial charge is 0.208 e. The van der Waals surface area contributed by atoms with Crippen molar-refractivity contribution in [3.63, 3.8) is 0 Å². The maximum atomic E-state index is 6.43. The van der Waals surface area contributed by atoms with Gasteiger partial charge in [0.2, 0.25) is 5.28 Å². The molecule has 0 radical (unpaired) electrons. The number of rotatable bonds is 12. The van der Waals surface area contributed by atoms with E-state index in [-0.39, 0.29) is 10.7 Å². The molecule has 5 rings (SSSR count). The maximum Gasteiger partial charge on any atom is 0.226 e. The largest absolute Gasteiger partial charge is 0.226 e. The van der Waals surface area contributed by atoms with Gasteiger partial charge < -0.3 is 0 Å². The first-order chi connectivity index (χ1) is 18.7. The fourth-order valence-electron chi connectivity index (χ4n) is 6.16. The Labute approximate surface area is 232 Å². The Morgan fingerprint density at radius 2 is 1.18 bits per heavy atom. The normalized spacial score (nSPS) is 13.3. The van der Waals surface area contributed by atoms with E-state index in [2.05, 4.69) is 66.3 Å². The molecule has 0 aliphatic heterocycles. The molecule has 0 N–H and O–H groups in total. The van der Waals surface area contributed by atoms with Gasteiger partial charge in [0.1, 0.15) is 0 Å². The van der Waals surface area contributed by atoms with E-state index in [4.69, 9.17) is 16.6 Å². The Morgan fingerprint density at radius 1 is 0.579 bits per heavy atom. The van der Waals surface area contributed by atoms with Crippen molar-refractivity contribution in [2.45, 2.75) is 83.5 Å². The van der Waals surface area contributed by atoms with Crippen molar-refractivity contribution < 1.29 is 0 Å². The van der Waals surface area contributed by atoms with Gasteiger partial charge in [0.05, 0.1) is 0 Å². The monoisotopic (exact) mass is 523 g/mol. The predicted molar refractivity (Wildman–Crippen MR) is 159 cm³/mol. The summed E-state index contributed by atoms with van der Waals surface area (Å²) in [7, 11) is 0. The number of aromatic nitrogens is 3. The highest BCUT2D eigenvalue weighted by molar-refractivity contribution is 6.28. The molecule has 3 nitrogen and oxygen atoms in total. The molecule has 196 valence electrons. The third-order valence-corrected chi connectivity index (χ3v) is 8.25. The Morgan fingerprint density at radius 3 is 1.87 bits per heavy atom. The average molecular weight is 524 g/mol. The summed E-state index contributed by atoms with van der Waals surface area (Å²) in [4.78, 5) is 13.9. The van der Waals surface area contributed by atoms with E-state index in [9.17, 15) is 0 Å². The van der Waals surface area contributed by atoms with Crippen LogP contribution in [0.4, 0.5) is 0 Å². The molecule has 0 saturated carbocycles. The fraction of sp³-hybridized carbons (Fsp3) is 0.382. The molecule has 0 fully saturated rings. The molecule has 1 aromatic heterocycles. The molecule has 1 aliphatic rings. The lowest BCUT2D eigenvalue weighted by molar-refractivity contribution is 0.401. The van der Waals surface area contributed by atoms with Gasteiger partial charge in [0.15, 0.2) is 11.6 Å². The molecule has 38 heavy (non-hydrogen) atoms. The topological polar surface area (TPSA) is 38.7 Å². The molecule has 0 atom stereocenters. The second-order valence-corrected chi connectivity index (χ2v) is 11.0. The van der Waals surface area contributed by atoms with Gasteiger partial charge in [-0.05, 0) is 52.8 Å². The lowest BCUT2D eigenvalue weighted by Gasteiger charge is -2.33. The minimum atomic E-state index is 0.0303. The Hall–Kier alpha value is -3.04. The molecule has 1 heterocycles. The minimum Gasteiger partial charge on any atom is -0.208 e. The lowest BCUT2D eigenvalue weighted by atomic mass is 9.70. The Bertz CT molecular complexity index is 1350. The van der Waals surface area contributed by atoms with E-state index >= 15 is 0 Å². The van der Waals surface area contributed by atoms with Gasteiger partial charge in [0, 0.05) is 16.5 Å². The molecule has 0 spiro atoms. The van der Waals surface area contributed by atoms with Crippen molar-refractivity contribution in [1.82, 2.24) is 15.0 Å². The van der Waals surface area contributed by atoms with Gasteiger partial charge in [0.25, 0.3) is 0 Å². The third-order valence-electron chi connectivity index (χ3n) is 8.08. The number of unbranched alkanes of at least 4 members (excludes halogenated alkanes) is 6. The zero-order valence-corrected chi connectivity index (χ0v) is 23.5. The number of fused-ring (bicyclic) bond motifs is 3. The summed E-state index contributed by atoms with van der Waals surface area (Å²) in [6.45, 7) is 4.58. The molecule has 0 saturated heterocycles. The summed E-state index contributed by atoms with van der Waals surface area (Å²) in [6.07, 6.45) is 12.5. The summed E-state index contributed by atoms with van der Waals surface area (Å²) in [6, 6.07) is 25.9. The number of nitrogens with zero attached hydrogens (tertiary/aromatic N) is 3. The quantitative estimate of drug-likeness (QED) is 0.173. The second kappa shape index (κ2) is 12.2. The molecule has 4 heteroatoms. The number of hydrogen-bond acceptors (Lipinski definition) is 3. The Balaban J connectivity index is 1.59. The zero-order chi connectivity index (χ0) is 26.4.